The van der Waals surface area contributed by atoms with E-state index < -0.39 is 9.05 Å². The molecule has 0 aliphatic carbocycles. The molecule has 0 fully saturated rings. The Hall–Kier alpha value is 1.09. The summed E-state index contributed by atoms with van der Waals surface area (Å²) in [6, 6.07) is 0. The summed E-state index contributed by atoms with van der Waals surface area (Å²) in [6.07, 6.45) is 0. The van der Waals surface area contributed by atoms with Gasteiger partial charge in [-0.15, -0.1) is 0 Å². The Morgan fingerprint density at radius 1 is 1.00 bits per heavy atom. The van der Waals surface area contributed by atoms with Gasteiger partial charge in [0.05, 0.1) is 0 Å². The molecule has 4 nitrogen and oxygen atoms in total. The molecule has 0 spiro atoms. The first-order valence-electron chi connectivity index (χ1n) is 1.01. The molecule has 7 heteroatoms. The van der Waals surface area contributed by atoms with Gasteiger partial charge in [-0.05, 0) is 0 Å². The Kier molecular flexibility index (Phi) is 8.19. The zero-order valence-corrected chi connectivity index (χ0v) is 6.89. The molecule has 0 rings (SSSR count). The molecule has 0 aromatic rings. The molecule has 0 saturated heterocycles. The van der Waals surface area contributed by atoms with Gasteiger partial charge in [-0.25, -0.2) is 0 Å². The minimum atomic E-state index is -4.61. The topological polar surface area (TPSA) is 80.9 Å². The minimum absolute atomic E-state index is 1.75. The zero-order valence-electron chi connectivity index (χ0n) is 2.97. The van der Waals surface area contributed by atoms with Crippen molar-refractivity contribution < 1.29 is 39.2 Å². The van der Waals surface area contributed by atoms with E-state index in [0.717, 1.165) is 0 Å². The van der Waals surface area contributed by atoms with Crippen LogP contribution in [0.3, 0.4) is 0 Å². The molecule has 0 amide bonds. The summed E-state index contributed by atoms with van der Waals surface area (Å²) in [5.74, 6) is 0. The van der Waals surface area contributed by atoms with E-state index in [1.807, 2.05) is 0 Å². The summed E-state index contributed by atoms with van der Waals surface area (Å²) in [5.41, 5.74) is 0. The molecule has 50 valence electrons. The van der Waals surface area contributed by atoms with Gasteiger partial charge in [0.25, 0.3) is 0 Å². The first kappa shape index (κ1) is 11.0. The summed E-state index contributed by atoms with van der Waals surface area (Å²) in [4.78, 5) is 29.3. The van der Waals surface area contributed by atoms with Gasteiger partial charge in [-0.2, -0.15) is 0 Å². The van der Waals surface area contributed by atoms with Gasteiger partial charge in [-0.3, -0.25) is 0 Å². The number of hydrogen-bond donors (Lipinski definition) is 4. The quantitative estimate of drug-likeness (QED) is 0.391. The molecular formula is H4AuClO4Si. The molecule has 7 heavy (non-hydrogen) atoms. The van der Waals surface area contributed by atoms with Crippen LogP contribution in [-0.2, 0) is 20.0 Å². The van der Waals surface area contributed by atoms with Crippen LogP contribution in [0.4, 0.5) is 0 Å². The fraction of sp³-hybridized carbons (Fsp3) is 0. The van der Waals surface area contributed by atoms with E-state index >= 15 is 0 Å². The van der Waals surface area contributed by atoms with Gasteiger partial charge in [0.2, 0.25) is 0 Å². The molecule has 0 aliphatic rings. The molecule has 0 heterocycles. The maximum atomic E-state index is 7.33. The summed E-state index contributed by atoms with van der Waals surface area (Å²) in [6.45, 7) is 0. The number of halogens is 1. The van der Waals surface area contributed by atoms with Crippen molar-refractivity contribution in [1.82, 2.24) is 0 Å². The van der Waals surface area contributed by atoms with Crippen LogP contribution in [0, 0.1) is 0 Å². The Balaban J connectivity index is 0. The Labute approximate surface area is 57.6 Å². The SMILES string of the molecule is O[Si](O)(O)O.[Cl][Au]. The van der Waals surface area contributed by atoms with Gasteiger partial charge in [-0.1, -0.05) is 0 Å². The van der Waals surface area contributed by atoms with E-state index in [2.05, 4.69) is 9.19 Å². The van der Waals surface area contributed by atoms with Crippen LogP contribution in [0.2, 0.25) is 0 Å². The third kappa shape index (κ3) is 155. The van der Waals surface area contributed by atoms with E-state index in [-0.39, 0.29) is 0 Å². The predicted molar refractivity (Wildman–Crippen MR) is 20.5 cm³/mol. The van der Waals surface area contributed by atoms with Crippen molar-refractivity contribution in [2.45, 2.75) is 0 Å². The summed E-state index contributed by atoms with van der Waals surface area (Å²) >= 11 is 1.75. The first-order chi connectivity index (χ1) is 3.00. The Morgan fingerprint density at radius 2 is 1.00 bits per heavy atom. The van der Waals surface area contributed by atoms with Gasteiger partial charge in [0.15, 0.2) is 0 Å². The molecule has 0 radical (unpaired) electrons. The normalized spacial score (nSPS) is 9.57. The van der Waals surface area contributed by atoms with E-state index in [1.54, 1.807) is 20.0 Å². The molecule has 0 aromatic heterocycles. The molecule has 0 saturated carbocycles. The fourth-order valence-electron chi connectivity index (χ4n) is 0. The molecule has 0 atom stereocenters. The summed E-state index contributed by atoms with van der Waals surface area (Å²) in [5, 5.41) is 0. The van der Waals surface area contributed by atoms with Crippen molar-refractivity contribution in [3.63, 3.8) is 0 Å². The standard InChI is InChI=1S/Au.ClH.H4O4Si/c;;1-5(2,3)4/h;1H;1-4H/q+1;;/p-1. The van der Waals surface area contributed by atoms with Crippen LogP contribution in [0.1, 0.15) is 0 Å². The second-order valence-electron chi connectivity index (χ2n) is 0.600. The molecule has 0 aromatic carbocycles. The van der Waals surface area contributed by atoms with Gasteiger partial charge in [0.1, 0.15) is 0 Å². The average Bonchev–Trinajstić information content (AvgIpc) is 1.36. The molecular weight excluding hydrogens is 325 g/mol. The summed E-state index contributed by atoms with van der Waals surface area (Å²) in [7, 11) is -0.0278. The van der Waals surface area contributed by atoms with Crippen LogP contribution in [-0.4, -0.2) is 28.2 Å². The molecule has 0 bridgehead atoms. The second-order valence-corrected chi connectivity index (χ2v) is 1.80. The van der Waals surface area contributed by atoms with E-state index in [1.165, 1.54) is 0 Å². The fourth-order valence-corrected chi connectivity index (χ4v) is 0. The molecule has 0 unspecified atom stereocenters. The molecule has 4 N–H and O–H groups in total. The van der Waals surface area contributed by atoms with Crippen molar-refractivity contribution in [3.05, 3.63) is 0 Å². The summed E-state index contributed by atoms with van der Waals surface area (Å²) < 4.78 is 0. The monoisotopic (exact) mass is 328 g/mol. The Morgan fingerprint density at radius 3 is 1.00 bits per heavy atom. The third-order valence-corrected chi connectivity index (χ3v) is 0. The number of rotatable bonds is 0. The van der Waals surface area contributed by atoms with Crippen molar-refractivity contribution >= 4 is 18.2 Å². The van der Waals surface area contributed by atoms with Crippen LogP contribution in [0.15, 0.2) is 0 Å². The number of hydrogen-bond acceptors (Lipinski definition) is 4. The Bertz CT molecular complexity index is 27.2. The van der Waals surface area contributed by atoms with Gasteiger partial charge < -0.3 is 19.2 Å². The first-order valence-corrected chi connectivity index (χ1v) is 5.48. The van der Waals surface area contributed by atoms with Crippen molar-refractivity contribution in [1.29, 1.82) is 0 Å². The van der Waals surface area contributed by atoms with Gasteiger partial charge >= 0.3 is 38.2 Å². The van der Waals surface area contributed by atoms with Crippen molar-refractivity contribution in [2.75, 3.05) is 0 Å². The van der Waals surface area contributed by atoms with Crippen LogP contribution in [0.5, 0.6) is 0 Å². The van der Waals surface area contributed by atoms with Crippen molar-refractivity contribution in [2.24, 2.45) is 0 Å². The maximum absolute atomic E-state index is 7.33. The van der Waals surface area contributed by atoms with Crippen molar-refractivity contribution in [3.8, 4) is 0 Å². The van der Waals surface area contributed by atoms with Crippen LogP contribution in [0.25, 0.3) is 0 Å². The molecule has 0 aliphatic heterocycles. The second kappa shape index (κ2) is 5.23. The van der Waals surface area contributed by atoms with Crippen LogP contribution >= 0.6 is 9.19 Å². The van der Waals surface area contributed by atoms with Crippen LogP contribution < -0.4 is 0 Å². The zero-order chi connectivity index (χ0) is 6.50. The van der Waals surface area contributed by atoms with E-state index in [0.29, 0.717) is 0 Å². The van der Waals surface area contributed by atoms with Gasteiger partial charge in [0, 0.05) is 0 Å². The third-order valence-electron chi connectivity index (χ3n) is 0. The average molecular weight is 329 g/mol. The van der Waals surface area contributed by atoms with E-state index in [9.17, 15) is 0 Å². The predicted octanol–water partition coefficient (Wildman–Crippen LogP) is -1.92. The van der Waals surface area contributed by atoms with E-state index in [4.69, 9.17) is 19.2 Å².